The normalized spacial score (nSPS) is 12.2. The van der Waals surface area contributed by atoms with Crippen LogP contribution in [0, 0.1) is 0 Å². The Kier molecular flexibility index (Phi) is 11.8. The Balaban J connectivity index is 0.000000378. The van der Waals surface area contributed by atoms with Gasteiger partial charge in [0.15, 0.2) is 0 Å². The maximum atomic E-state index is 12.3. The van der Waals surface area contributed by atoms with Gasteiger partial charge in [0, 0.05) is 0 Å². The summed E-state index contributed by atoms with van der Waals surface area (Å²) in [5.74, 6) is -0.225. The molecule has 1 aliphatic carbocycles. The molecule has 2 aromatic heterocycles. The van der Waals surface area contributed by atoms with E-state index in [1.165, 1.54) is 43.0 Å². The van der Waals surface area contributed by atoms with E-state index in [9.17, 15) is 4.79 Å². The van der Waals surface area contributed by atoms with E-state index in [-0.39, 0.29) is 11.9 Å². The molecule has 8 heteroatoms. The van der Waals surface area contributed by atoms with Crippen LogP contribution in [-0.4, -0.2) is 27.3 Å². The smallest absolute Gasteiger partial charge is 0.274 e. The topological polar surface area (TPSA) is 102 Å². The van der Waals surface area contributed by atoms with Crippen LogP contribution in [0.15, 0.2) is 42.6 Å². The van der Waals surface area contributed by atoms with Gasteiger partial charge in [-0.2, -0.15) is 0 Å². The number of aromatic nitrogens is 3. The highest BCUT2D eigenvalue weighted by Gasteiger charge is 2.13. The molecule has 0 radical (unpaired) electrons. The van der Waals surface area contributed by atoms with Crippen molar-refractivity contribution in [2.45, 2.75) is 52.4 Å². The summed E-state index contributed by atoms with van der Waals surface area (Å²) < 4.78 is 1.44. The fraction of sp³-hybridized carbons (Fsp3) is 0.364. The van der Waals surface area contributed by atoms with Crippen molar-refractivity contribution in [2.24, 2.45) is 0 Å². The Morgan fingerprint density at radius 2 is 1.60 bits per heavy atom. The van der Waals surface area contributed by atoms with Crippen LogP contribution < -0.4 is 11.1 Å². The van der Waals surface area contributed by atoms with E-state index in [2.05, 4.69) is 15.4 Å². The summed E-state index contributed by atoms with van der Waals surface area (Å²) in [6.45, 7) is 6.00. The molecular weight excluding hydrogens is 402 g/mol. The van der Waals surface area contributed by atoms with E-state index >= 15 is 0 Å². The lowest BCUT2D eigenvalue weighted by molar-refractivity contribution is -0.0980. The average molecular weight is 432 g/mol. The predicted molar refractivity (Wildman–Crippen MR) is 123 cm³/mol. The zero-order valence-corrected chi connectivity index (χ0v) is 18.4. The summed E-state index contributed by atoms with van der Waals surface area (Å²) in [6, 6.07) is 10.4. The Labute approximate surface area is 182 Å². The number of carbonyl (C=O) groups excluding carboxylic acids is 2. The molecule has 2 heterocycles. The number of nitrogens with one attached hydrogen (secondary N) is 1. The number of rotatable bonds is 2. The van der Waals surface area contributed by atoms with Gasteiger partial charge in [-0.25, -0.2) is 9.50 Å². The first-order valence-electron chi connectivity index (χ1n) is 10.1. The van der Waals surface area contributed by atoms with Gasteiger partial charge in [0.2, 0.25) is 5.95 Å². The molecule has 4 rings (SSSR count). The number of benzene rings is 1. The Morgan fingerprint density at radius 3 is 2.17 bits per heavy atom. The molecule has 30 heavy (non-hydrogen) atoms. The minimum atomic E-state index is -0.323. The Hall–Kier alpha value is -2.93. The van der Waals surface area contributed by atoms with Gasteiger partial charge in [0.1, 0.15) is 12.5 Å². The number of para-hydroxylation sites is 1. The summed E-state index contributed by atoms with van der Waals surface area (Å²) >= 11 is 6.01. The highest BCUT2D eigenvalue weighted by molar-refractivity contribution is 6.33. The van der Waals surface area contributed by atoms with Crippen molar-refractivity contribution in [3.05, 3.63) is 53.3 Å². The van der Waals surface area contributed by atoms with Crippen LogP contribution in [0.5, 0.6) is 0 Å². The van der Waals surface area contributed by atoms with Gasteiger partial charge in [0.25, 0.3) is 5.91 Å². The van der Waals surface area contributed by atoms with E-state index in [0.29, 0.717) is 21.9 Å². The lowest BCUT2D eigenvalue weighted by Gasteiger charge is -2.06. The highest BCUT2D eigenvalue weighted by atomic mass is 35.5. The van der Waals surface area contributed by atoms with E-state index in [1.54, 1.807) is 42.6 Å². The largest absolute Gasteiger partial charge is 0.367 e. The van der Waals surface area contributed by atoms with Crippen LogP contribution in [0.2, 0.25) is 5.02 Å². The van der Waals surface area contributed by atoms with Crippen LogP contribution >= 0.6 is 11.6 Å². The number of nitrogen functional groups attached to an aromatic ring is 1. The zero-order chi connectivity index (χ0) is 22.4. The second kappa shape index (κ2) is 14.1. The van der Waals surface area contributed by atoms with Crippen LogP contribution in [0.3, 0.4) is 0 Å². The lowest BCUT2D eigenvalue weighted by Crippen LogP contribution is -2.16. The standard InChI is InChI=1S/C13H10ClN5O.C6H12.C2H6.CH2O/c14-9-3-1-2-4-10(9)17-12(20)11-6-5-8-7-16-13(15)18-19(8)11;1-2-4-6-5-3-1;2*1-2/h1-7H,(H2,15,18)(H,17,20);1-6H2;1-2H3;1H2. The molecule has 3 aromatic rings. The van der Waals surface area contributed by atoms with E-state index in [1.807, 2.05) is 20.6 Å². The number of fused-ring (bicyclic) bond motifs is 1. The van der Waals surface area contributed by atoms with E-state index in [4.69, 9.17) is 22.1 Å². The number of hydrogen-bond acceptors (Lipinski definition) is 5. The molecule has 0 unspecified atom stereocenters. The van der Waals surface area contributed by atoms with Crippen molar-refractivity contribution < 1.29 is 9.59 Å². The van der Waals surface area contributed by atoms with Crippen LogP contribution in [0.1, 0.15) is 62.9 Å². The van der Waals surface area contributed by atoms with Crippen molar-refractivity contribution in [3.8, 4) is 0 Å². The quantitative estimate of drug-likeness (QED) is 0.565. The highest BCUT2D eigenvalue weighted by Crippen LogP contribution is 2.21. The molecule has 1 aromatic carbocycles. The molecule has 0 aliphatic heterocycles. The van der Waals surface area contributed by atoms with Gasteiger partial charge in [-0.3, -0.25) is 4.79 Å². The number of carbonyl (C=O) groups is 2. The number of anilines is 2. The van der Waals surface area contributed by atoms with Crippen molar-refractivity contribution in [1.82, 2.24) is 14.6 Å². The van der Waals surface area contributed by atoms with Crippen molar-refractivity contribution in [3.63, 3.8) is 0 Å². The number of amides is 1. The molecule has 0 saturated heterocycles. The fourth-order valence-electron chi connectivity index (χ4n) is 2.90. The third-order valence-electron chi connectivity index (χ3n) is 4.27. The molecule has 3 N–H and O–H groups in total. The maximum absolute atomic E-state index is 12.3. The lowest BCUT2D eigenvalue weighted by atomic mass is 10.0. The summed E-state index contributed by atoms with van der Waals surface area (Å²) in [6.07, 6.45) is 10.6. The maximum Gasteiger partial charge on any atom is 0.274 e. The number of nitrogens with zero attached hydrogens (tertiary/aromatic N) is 3. The molecule has 1 aliphatic rings. The van der Waals surface area contributed by atoms with Crippen LogP contribution in [0.25, 0.3) is 5.52 Å². The summed E-state index contributed by atoms with van der Waals surface area (Å²) in [5.41, 5.74) is 7.11. The number of halogens is 1. The van der Waals surface area contributed by atoms with Crippen molar-refractivity contribution in [1.29, 1.82) is 0 Å². The molecule has 7 nitrogen and oxygen atoms in total. The SMILES string of the molecule is C1CCCCC1.C=O.CC.Nc1ncc2ccc(C(=O)Nc3ccccc3Cl)n2n1. The minimum absolute atomic E-state index is 0.0977. The average Bonchev–Trinajstić information content (AvgIpc) is 3.23. The predicted octanol–water partition coefficient (Wildman–Crippen LogP) is 5.40. The second-order valence-corrected chi connectivity index (χ2v) is 6.63. The van der Waals surface area contributed by atoms with Gasteiger partial charge in [-0.15, -0.1) is 5.10 Å². The molecule has 0 bridgehead atoms. The first-order chi connectivity index (χ1) is 14.6. The van der Waals surface area contributed by atoms with Gasteiger partial charge in [-0.1, -0.05) is 76.1 Å². The van der Waals surface area contributed by atoms with Crippen LogP contribution in [0.4, 0.5) is 11.6 Å². The van der Waals surface area contributed by atoms with Gasteiger partial charge < -0.3 is 15.8 Å². The summed E-state index contributed by atoms with van der Waals surface area (Å²) in [5, 5.41) is 7.21. The minimum Gasteiger partial charge on any atom is -0.367 e. The molecule has 1 amide bonds. The third-order valence-corrected chi connectivity index (χ3v) is 4.60. The number of nitrogens with two attached hydrogens (primary N) is 1. The summed E-state index contributed by atoms with van der Waals surface area (Å²) in [7, 11) is 0. The third kappa shape index (κ3) is 7.48. The van der Waals surface area contributed by atoms with Crippen molar-refractivity contribution in [2.75, 3.05) is 11.1 Å². The Bertz CT molecular complexity index is 898. The molecule has 0 spiro atoms. The molecule has 1 saturated carbocycles. The van der Waals surface area contributed by atoms with E-state index in [0.717, 1.165) is 0 Å². The molecule has 1 fully saturated rings. The Morgan fingerprint density at radius 1 is 1.03 bits per heavy atom. The first-order valence-corrected chi connectivity index (χ1v) is 10.5. The number of hydrogen-bond donors (Lipinski definition) is 2. The van der Waals surface area contributed by atoms with Gasteiger partial charge in [-0.05, 0) is 24.3 Å². The van der Waals surface area contributed by atoms with Gasteiger partial charge in [0.05, 0.1) is 22.4 Å². The van der Waals surface area contributed by atoms with Crippen molar-refractivity contribution >= 4 is 41.4 Å². The molecular formula is C22H30ClN5O2. The van der Waals surface area contributed by atoms with Gasteiger partial charge >= 0.3 is 0 Å². The zero-order valence-electron chi connectivity index (χ0n) is 17.6. The first kappa shape index (κ1) is 25.1. The monoisotopic (exact) mass is 431 g/mol. The molecule has 0 atom stereocenters. The van der Waals surface area contributed by atoms with Crippen LogP contribution in [-0.2, 0) is 4.79 Å². The molecule has 162 valence electrons. The summed E-state index contributed by atoms with van der Waals surface area (Å²) in [4.78, 5) is 24.1. The second-order valence-electron chi connectivity index (χ2n) is 6.23. The van der Waals surface area contributed by atoms with E-state index < -0.39 is 0 Å². The fourth-order valence-corrected chi connectivity index (χ4v) is 3.08.